The van der Waals surface area contributed by atoms with Crippen molar-refractivity contribution >= 4 is 17.2 Å². The number of carbonyl (C=O) groups excluding carboxylic acids is 1. The summed E-state index contributed by atoms with van der Waals surface area (Å²) in [6, 6.07) is 9.49. The number of ether oxygens (including phenoxy) is 3. The first kappa shape index (κ1) is 20.1. The first-order valence-electron chi connectivity index (χ1n) is 9.12. The Bertz CT molecular complexity index is 1090. The van der Waals surface area contributed by atoms with Gasteiger partial charge < -0.3 is 24.6 Å². The standard InChI is InChI=1S/C21H19FN2O5S/c1-21(2,26)13-4-3-12(15(22)7-13)9-23-19(25)18-20(24-10-30-18)29-14-5-6-16-17(8-14)28-11-27-16/h3-8,10,26H,9,11H2,1-2H3,(H,23,25). The van der Waals surface area contributed by atoms with E-state index in [1.54, 1.807) is 44.2 Å². The zero-order valence-electron chi connectivity index (χ0n) is 16.3. The van der Waals surface area contributed by atoms with Crippen LogP contribution in [0.3, 0.4) is 0 Å². The summed E-state index contributed by atoms with van der Waals surface area (Å²) in [5, 5.41) is 12.7. The fraction of sp³-hybridized carbons (Fsp3) is 0.238. The van der Waals surface area contributed by atoms with E-state index in [-0.39, 0.29) is 24.1 Å². The molecule has 3 aromatic rings. The van der Waals surface area contributed by atoms with Crippen molar-refractivity contribution in [1.82, 2.24) is 10.3 Å². The van der Waals surface area contributed by atoms with Crippen molar-refractivity contribution in [2.24, 2.45) is 0 Å². The average Bonchev–Trinajstić information content (AvgIpc) is 3.35. The van der Waals surface area contributed by atoms with E-state index < -0.39 is 17.3 Å². The number of nitrogens with zero attached hydrogens (tertiary/aromatic N) is 1. The Morgan fingerprint density at radius 3 is 2.83 bits per heavy atom. The molecule has 0 saturated heterocycles. The van der Waals surface area contributed by atoms with Crippen molar-refractivity contribution in [1.29, 1.82) is 0 Å². The summed E-state index contributed by atoms with van der Waals surface area (Å²) in [5.41, 5.74) is 1.11. The molecule has 2 aromatic carbocycles. The van der Waals surface area contributed by atoms with Gasteiger partial charge in [0.05, 0.1) is 11.1 Å². The minimum absolute atomic E-state index is 0.0157. The topological polar surface area (TPSA) is 89.9 Å². The van der Waals surface area contributed by atoms with Gasteiger partial charge in [-0.2, -0.15) is 0 Å². The zero-order chi connectivity index (χ0) is 21.3. The Morgan fingerprint density at radius 2 is 2.07 bits per heavy atom. The van der Waals surface area contributed by atoms with Gasteiger partial charge in [0, 0.05) is 18.2 Å². The fourth-order valence-corrected chi connectivity index (χ4v) is 3.47. The lowest BCUT2D eigenvalue weighted by atomic mass is 9.97. The van der Waals surface area contributed by atoms with Gasteiger partial charge in [-0.1, -0.05) is 12.1 Å². The van der Waals surface area contributed by atoms with Crippen LogP contribution in [0.2, 0.25) is 0 Å². The number of hydrogen-bond donors (Lipinski definition) is 2. The van der Waals surface area contributed by atoms with Crippen LogP contribution in [0.5, 0.6) is 23.1 Å². The number of rotatable bonds is 6. The van der Waals surface area contributed by atoms with E-state index in [2.05, 4.69) is 10.3 Å². The first-order chi connectivity index (χ1) is 14.3. The number of amides is 1. The van der Waals surface area contributed by atoms with Crippen molar-refractivity contribution in [3.8, 4) is 23.1 Å². The Hall–Kier alpha value is -3.17. The fourth-order valence-electron chi connectivity index (χ4n) is 2.84. The molecule has 0 spiro atoms. The maximum Gasteiger partial charge on any atom is 0.267 e. The van der Waals surface area contributed by atoms with E-state index in [9.17, 15) is 14.3 Å². The summed E-state index contributed by atoms with van der Waals surface area (Å²) in [7, 11) is 0. The normalized spacial score (nSPS) is 12.7. The SMILES string of the molecule is CC(C)(O)c1ccc(CNC(=O)c2scnc2Oc2ccc3c(c2)OCO3)c(F)c1. The minimum Gasteiger partial charge on any atom is -0.454 e. The third-order valence-corrected chi connectivity index (χ3v) is 5.30. The molecule has 7 nitrogen and oxygen atoms in total. The third-order valence-electron chi connectivity index (χ3n) is 4.50. The Kier molecular flexibility index (Phi) is 5.31. The van der Waals surface area contributed by atoms with Crippen LogP contribution < -0.4 is 19.5 Å². The highest BCUT2D eigenvalue weighted by Gasteiger charge is 2.21. The molecule has 1 aliphatic rings. The van der Waals surface area contributed by atoms with Crippen LogP contribution in [0, 0.1) is 5.82 Å². The predicted octanol–water partition coefficient (Wildman–Crippen LogP) is 3.96. The Balaban J connectivity index is 1.43. The second kappa shape index (κ2) is 7.92. The van der Waals surface area contributed by atoms with E-state index in [4.69, 9.17) is 14.2 Å². The van der Waals surface area contributed by atoms with Gasteiger partial charge in [-0.25, -0.2) is 9.37 Å². The molecule has 1 amide bonds. The van der Waals surface area contributed by atoms with Crippen LogP contribution in [-0.4, -0.2) is 22.8 Å². The van der Waals surface area contributed by atoms with Crippen molar-refractivity contribution < 1.29 is 28.5 Å². The smallest absolute Gasteiger partial charge is 0.267 e. The minimum atomic E-state index is -1.15. The number of carbonyl (C=O) groups is 1. The number of halogens is 1. The third kappa shape index (κ3) is 4.22. The van der Waals surface area contributed by atoms with Crippen molar-refractivity contribution in [3.63, 3.8) is 0 Å². The molecule has 1 aromatic heterocycles. The summed E-state index contributed by atoms with van der Waals surface area (Å²) < 4.78 is 30.6. The summed E-state index contributed by atoms with van der Waals surface area (Å²) in [6.07, 6.45) is 0. The van der Waals surface area contributed by atoms with E-state index in [1.165, 1.54) is 11.6 Å². The molecule has 0 unspecified atom stereocenters. The first-order valence-corrected chi connectivity index (χ1v) is 10.00. The molecule has 0 atom stereocenters. The summed E-state index contributed by atoms with van der Waals surface area (Å²) in [4.78, 5) is 17.0. The van der Waals surface area contributed by atoms with Gasteiger partial charge in [0.1, 0.15) is 11.6 Å². The predicted molar refractivity (Wildman–Crippen MR) is 108 cm³/mol. The van der Waals surface area contributed by atoms with Crippen LogP contribution in [-0.2, 0) is 12.1 Å². The van der Waals surface area contributed by atoms with Crippen LogP contribution in [0.15, 0.2) is 41.9 Å². The molecule has 0 saturated carbocycles. The van der Waals surface area contributed by atoms with Gasteiger partial charge in [-0.05, 0) is 37.6 Å². The summed E-state index contributed by atoms with van der Waals surface area (Å²) in [6.45, 7) is 3.29. The number of aliphatic hydroxyl groups is 1. The molecule has 9 heteroatoms. The number of benzene rings is 2. The molecule has 0 radical (unpaired) electrons. The molecular weight excluding hydrogens is 411 g/mol. The molecule has 0 fully saturated rings. The molecule has 2 heterocycles. The zero-order valence-corrected chi connectivity index (χ0v) is 17.1. The van der Waals surface area contributed by atoms with Crippen LogP contribution in [0.4, 0.5) is 4.39 Å². The van der Waals surface area contributed by atoms with Crippen molar-refractivity contribution in [2.75, 3.05) is 6.79 Å². The molecular formula is C21H19FN2O5S. The van der Waals surface area contributed by atoms with E-state index in [0.717, 1.165) is 11.3 Å². The molecule has 156 valence electrons. The van der Waals surface area contributed by atoms with Gasteiger partial charge in [0.2, 0.25) is 12.7 Å². The molecule has 1 aliphatic heterocycles. The number of thiazole rings is 1. The second-order valence-corrected chi connectivity index (χ2v) is 8.01. The summed E-state index contributed by atoms with van der Waals surface area (Å²) >= 11 is 1.12. The van der Waals surface area contributed by atoms with E-state index >= 15 is 0 Å². The number of nitrogens with one attached hydrogen (secondary N) is 1. The van der Waals surface area contributed by atoms with Gasteiger partial charge >= 0.3 is 0 Å². The highest BCUT2D eigenvalue weighted by Crippen LogP contribution is 2.37. The number of hydrogen-bond acceptors (Lipinski definition) is 7. The van der Waals surface area contributed by atoms with Crippen LogP contribution >= 0.6 is 11.3 Å². The maximum atomic E-state index is 14.3. The van der Waals surface area contributed by atoms with Crippen LogP contribution in [0.25, 0.3) is 0 Å². The van der Waals surface area contributed by atoms with Gasteiger partial charge in [-0.15, -0.1) is 11.3 Å². The molecule has 0 bridgehead atoms. The quantitative estimate of drug-likeness (QED) is 0.615. The highest BCUT2D eigenvalue weighted by molar-refractivity contribution is 7.12. The Labute approximate surface area is 176 Å². The second-order valence-electron chi connectivity index (χ2n) is 7.15. The molecule has 4 rings (SSSR count). The van der Waals surface area contributed by atoms with E-state index in [0.29, 0.717) is 28.4 Å². The lowest BCUT2D eigenvalue weighted by Crippen LogP contribution is -2.23. The van der Waals surface area contributed by atoms with Gasteiger partial charge in [0.25, 0.3) is 5.91 Å². The average molecular weight is 430 g/mol. The van der Waals surface area contributed by atoms with Crippen molar-refractivity contribution in [2.45, 2.75) is 26.0 Å². The van der Waals surface area contributed by atoms with Gasteiger partial charge in [-0.3, -0.25) is 4.79 Å². The lowest BCUT2D eigenvalue weighted by molar-refractivity contribution is 0.0781. The highest BCUT2D eigenvalue weighted by atomic mass is 32.1. The van der Waals surface area contributed by atoms with E-state index in [1.807, 2.05) is 0 Å². The lowest BCUT2D eigenvalue weighted by Gasteiger charge is -2.18. The molecule has 2 N–H and O–H groups in total. The molecule has 30 heavy (non-hydrogen) atoms. The number of fused-ring (bicyclic) bond motifs is 1. The van der Waals surface area contributed by atoms with Gasteiger partial charge in [0.15, 0.2) is 16.4 Å². The Morgan fingerprint density at radius 1 is 1.27 bits per heavy atom. The number of aromatic nitrogens is 1. The van der Waals surface area contributed by atoms with Crippen LogP contribution in [0.1, 0.15) is 34.6 Å². The summed E-state index contributed by atoms with van der Waals surface area (Å²) in [5.74, 6) is 0.840. The monoisotopic (exact) mass is 430 g/mol. The largest absolute Gasteiger partial charge is 0.454 e. The van der Waals surface area contributed by atoms with Crippen molar-refractivity contribution in [3.05, 3.63) is 63.7 Å². The maximum absolute atomic E-state index is 14.3. The molecule has 0 aliphatic carbocycles.